The van der Waals surface area contributed by atoms with E-state index in [0.29, 0.717) is 0 Å². The first-order chi connectivity index (χ1) is 0. The van der Waals surface area contributed by atoms with E-state index in [1.165, 1.54) is 0 Å². The standard InChI is InChI=1S/Mg.5H2O.V.2H/h;5*1H2;;;. The molecule has 0 aliphatic carbocycles. The maximum absolute atomic E-state index is 0. The Morgan fingerprint density at radius 3 is 0.429 bits per heavy atom. The van der Waals surface area contributed by atoms with E-state index in [-0.39, 0.29) is 69.0 Å². The zero-order valence-corrected chi connectivity index (χ0v) is 4.34. The van der Waals surface area contributed by atoms with E-state index in [2.05, 4.69) is 0 Å². The number of hydrogen-bond acceptors (Lipinski definition) is 0. The first-order valence-electron chi connectivity index (χ1n) is 0. The summed E-state index contributed by atoms with van der Waals surface area (Å²) in [6, 6.07) is 0. The molecule has 1 radical (unpaired) electrons. The van der Waals surface area contributed by atoms with Gasteiger partial charge in [0, 0.05) is 18.6 Å². The molecular weight excluding hydrogens is 155 g/mol. The SMILES string of the molecule is O.O.O.O.O.[MgH2].[V]. The molecule has 7 heavy (non-hydrogen) atoms. The van der Waals surface area contributed by atoms with Gasteiger partial charge in [0.1, 0.15) is 0 Å². The van der Waals surface area contributed by atoms with E-state index in [1.54, 1.807) is 0 Å². The van der Waals surface area contributed by atoms with Crippen molar-refractivity contribution in [3.63, 3.8) is 0 Å². The second-order valence-electron chi connectivity index (χ2n) is 0. The van der Waals surface area contributed by atoms with E-state index in [4.69, 9.17) is 0 Å². The van der Waals surface area contributed by atoms with Crippen molar-refractivity contribution in [1.82, 2.24) is 0 Å². The Hall–Kier alpha value is 1.15. The van der Waals surface area contributed by atoms with Gasteiger partial charge < -0.3 is 27.4 Å². The van der Waals surface area contributed by atoms with Crippen molar-refractivity contribution in [2.24, 2.45) is 0 Å². The van der Waals surface area contributed by atoms with Gasteiger partial charge in [-0.1, -0.05) is 0 Å². The van der Waals surface area contributed by atoms with Crippen molar-refractivity contribution in [3.8, 4) is 0 Å². The maximum Gasteiger partial charge on any atom is 0.316 e. The summed E-state index contributed by atoms with van der Waals surface area (Å²) in [5.41, 5.74) is 0. The van der Waals surface area contributed by atoms with Crippen LogP contribution in [0.3, 0.4) is 0 Å². The van der Waals surface area contributed by atoms with Crippen LogP contribution in [0.5, 0.6) is 0 Å². The molecule has 0 aromatic carbocycles. The number of rotatable bonds is 0. The molecular formula is H12MgO5V. The molecule has 0 saturated heterocycles. The van der Waals surface area contributed by atoms with Crippen LogP contribution >= 0.6 is 0 Å². The number of hydrogen-bond donors (Lipinski definition) is 0. The minimum atomic E-state index is 0. The average molecular weight is 167 g/mol. The van der Waals surface area contributed by atoms with Crippen LogP contribution < -0.4 is 0 Å². The van der Waals surface area contributed by atoms with Crippen LogP contribution in [0.2, 0.25) is 0 Å². The van der Waals surface area contributed by atoms with E-state index >= 15 is 0 Å². The average Bonchev–Trinajstić information content (AvgIpc) is 0. The van der Waals surface area contributed by atoms with Gasteiger partial charge in [-0.2, -0.15) is 0 Å². The van der Waals surface area contributed by atoms with Crippen molar-refractivity contribution in [2.45, 2.75) is 0 Å². The fraction of sp³-hybridized carbons (Fsp3) is 0. The monoisotopic (exact) mass is 167 g/mol. The van der Waals surface area contributed by atoms with Gasteiger partial charge in [-0.05, 0) is 0 Å². The molecule has 0 unspecified atom stereocenters. The summed E-state index contributed by atoms with van der Waals surface area (Å²) in [6.07, 6.45) is 0. The molecule has 0 saturated carbocycles. The van der Waals surface area contributed by atoms with E-state index in [0.717, 1.165) is 0 Å². The molecule has 49 valence electrons. The van der Waals surface area contributed by atoms with Crippen LogP contribution in [0.4, 0.5) is 0 Å². The fourth-order valence-corrected chi connectivity index (χ4v) is 0. The van der Waals surface area contributed by atoms with Crippen LogP contribution in [0.25, 0.3) is 0 Å². The van der Waals surface area contributed by atoms with E-state index in [1.807, 2.05) is 0 Å². The second kappa shape index (κ2) is 204. The summed E-state index contributed by atoms with van der Waals surface area (Å²) in [4.78, 5) is 0. The van der Waals surface area contributed by atoms with E-state index in [9.17, 15) is 0 Å². The Labute approximate surface area is 69.1 Å². The minimum Gasteiger partial charge on any atom is -0.412 e. The molecule has 0 rings (SSSR count). The summed E-state index contributed by atoms with van der Waals surface area (Å²) in [5.74, 6) is 0. The predicted molar refractivity (Wildman–Crippen MR) is 26.6 cm³/mol. The zero-order chi connectivity index (χ0) is 0. The van der Waals surface area contributed by atoms with Crippen molar-refractivity contribution in [1.29, 1.82) is 0 Å². The topological polar surface area (TPSA) is 158 Å². The van der Waals surface area contributed by atoms with Crippen molar-refractivity contribution >= 4 is 23.1 Å². The molecule has 0 atom stereocenters. The molecule has 0 aromatic heterocycles. The molecule has 0 aliphatic rings. The van der Waals surface area contributed by atoms with E-state index < -0.39 is 0 Å². The van der Waals surface area contributed by atoms with Crippen LogP contribution in [0.1, 0.15) is 0 Å². The third kappa shape index (κ3) is 143. The largest absolute Gasteiger partial charge is 0.412 e. The Morgan fingerprint density at radius 1 is 0.429 bits per heavy atom. The van der Waals surface area contributed by atoms with Gasteiger partial charge in [-0.3, -0.25) is 0 Å². The maximum atomic E-state index is 0. The summed E-state index contributed by atoms with van der Waals surface area (Å²) in [5, 5.41) is 0. The van der Waals surface area contributed by atoms with Gasteiger partial charge in [0.05, 0.1) is 0 Å². The normalized spacial score (nSPS) is 0. The molecule has 0 spiro atoms. The van der Waals surface area contributed by atoms with Gasteiger partial charge in [-0.15, -0.1) is 0 Å². The molecule has 0 aromatic rings. The first kappa shape index (κ1) is 315. The van der Waals surface area contributed by atoms with Crippen LogP contribution in [0.15, 0.2) is 0 Å². The van der Waals surface area contributed by atoms with Gasteiger partial charge in [0.15, 0.2) is 0 Å². The molecule has 0 amide bonds. The van der Waals surface area contributed by atoms with Gasteiger partial charge >= 0.3 is 23.1 Å². The smallest absolute Gasteiger partial charge is 0.316 e. The third-order valence-corrected chi connectivity index (χ3v) is 0. The minimum absolute atomic E-state index is 0. The molecule has 0 aliphatic heterocycles. The fourth-order valence-electron chi connectivity index (χ4n) is 0. The summed E-state index contributed by atoms with van der Waals surface area (Å²) < 4.78 is 0. The van der Waals surface area contributed by atoms with Crippen LogP contribution in [-0.4, -0.2) is 50.4 Å². The molecule has 5 nitrogen and oxygen atoms in total. The molecule has 0 fully saturated rings. The second-order valence-corrected chi connectivity index (χ2v) is 0. The molecule has 7 heteroatoms. The first-order valence-corrected chi connectivity index (χ1v) is 0. The van der Waals surface area contributed by atoms with Crippen molar-refractivity contribution in [3.05, 3.63) is 0 Å². The van der Waals surface area contributed by atoms with Crippen LogP contribution in [0, 0.1) is 0 Å². The summed E-state index contributed by atoms with van der Waals surface area (Å²) in [6.45, 7) is 0. The Bertz CT molecular complexity index is 8.04. The van der Waals surface area contributed by atoms with Gasteiger partial charge in [0.25, 0.3) is 0 Å². The zero-order valence-electron chi connectivity index (χ0n) is 2.95. The van der Waals surface area contributed by atoms with Gasteiger partial charge in [-0.25, -0.2) is 0 Å². The van der Waals surface area contributed by atoms with Gasteiger partial charge in [0.2, 0.25) is 0 Å². The molecule has 0 heterocycles. The van der Waals surface area contributed by atoms with Crippen molar-refractivity contribution in [2.75, 3.05) is 0 Å². The molecule has 10 N–H and O–H groups in total. The quantitative estimate of drug-likeness (QED) is 0.316. The third-order valence-electron chi connectivity index (χ3n) is 0. The molecule has 0 bridgehead atoms. The summed E-state index contributed by atoms with van der Waals surface area (Å²) in [7, 11) is 0. The predicted octanol–water partition coefficient (Wildman–Crippen LogP) is -5.04. The Balaban J connectivity index is 0. The Kier molecular flexibility index (Phi) is 9190. The summed E-state index contributed by atoms with van der Waals surface area (Å²) >= 11 is 0. The van der Waals surface area contributed by atoms with Crippen molar-refractivity contribution < 1.29 is 45.9 Å². The Morgan fingerprint density at radius 2 is 0.429 bits per heavy atom. The van der Waals surface area contributed by atoms with Crippen LogP contribution in [-0.2, 0) is 18.6 Å².